The predicted octanol–water partition coefficient (Wildman–Crippen LogP) is 4.46. The Morgan fingerprint density at radius 1 is 0.810 bits per heavy atom. The van der Waals surface area contributed by atoms with Gasteiger partial charge in [0.15, 0.2) is 0 Å². The smallest absolute Gasteiger partial charge is 0.283 e. The van der Waals surface area contributed by atoms with Crippen LogP contribution in [-0.4, -0.2) is 31.6 Å². The number of ketones is 1. The van der Waals surface area contributed by atoms with E-state index < -0.39 is 5.97 Å². The minimum atomic E-state index is -1.04. The zero-order valence-corrected chi connectivity index (χ0v) is 14.4. The normalized spacial score (nSPS) is 11.8. The Hall–Kier alpha value is -0.450. The fourth-order valence-corrected chi connectivity index (χ4v) is 1.79. The minimum absolute atomic E-state index is 0.136. The lowest BCUT2D eigenvalue weighted by Crippen LogP contribution is -2.41. The van der Waals surface area contributed by atoms with Gasteiger partial charge in [-0.3, -0.25) is 0 Å². The molecule has 0 N–H and O–H groups in total. The van der Waals surface area contributed by atoms with Crippen molar-refractivity contribution in [1.29, 1.82) is 0 Å². The van der Waals surface area contributed by atoms with Crippen molar-refractivity contribution in [3.63, 3.8) is 0 Å². The van der Waals surface area contributed by atoms with Crippen molar-refractivity contribution >= 4 is 5.78 Å². The van der Waals surface area contributed by atoms with E-state index in [0.717, 1.165) is 38.5 Å². The highest BCUT2D eigenvalue weighted by molar-refractivity contribution is 5.75. The first-order valence-corrected chi connectivity index (χ1v) is 8.51. The zero-order chi connectivity index (χ0) is 16.0. The zero-order valence-electron chi connectivity index (χ0n) is 14.4. The molecule has 0 fully saturated rings. The molecule has 0 saturated heterocycles. The topological polar surface area (TPSA) is 44.8 Å². The molecule has 0 rings (SSSR count). The van der Waals surface area contributed by atoms with E-state index in [4.69, 9.17) is 14.2 Å². The number of Topliss-reactive ketones (excluding diaryl/α,β-unsaturated/α-hetero) is 1. The number of unbranched alkanes of at least 4 members (excludes halogenated alkanes) is 3. The average molecular weight is 302 g/mol. The number of ether oxygens (including phenoxy) is 3. The van der Waals surface area contributed by atoms with Crippen LogP contribution in [-0.2, 0) is 19.0 Å². The van der Waals surface area contributed by atoms with Crippen molar-refractivity contribution in [2.75, 3.05) is 19.8 Å². The van der Waals surface area contributed by atoms with E-state index in [1.807, 2.05) is 0 Å². The highest BCUT2D eigenvalue weighted by atomic mass is 16.9. The monoisotopic (exact) mass is 302 g/mol. The molecule has 0 heterocycles. The quantitative estimate of drug-likeness (QED) is 0.331. The van der Waals surface area contributed by atoms with Gasteiger partial charge in [0.05, 0.1) is 19.8 Å². The fourth-order valence-electron chi connectivity index (χ4n) is 1.79. The molecule has 4 heteroatoms. The van der Waals surface area contributed by atoms with Crippen LogP contribution in [0.5, 0.6) is 0 Å². The fraction of sp³-hybridized carbons (Fsp3) is 0.941. The first kappa shape index (κ1) is 20.6. The summed E-state index contributed by atoms with van der Waals surface area (Å²) in [7, 11) is 0. The summed E-state index contributed by atoms with van der Waals surface area (Å²) >= 11 is 0. The van der Waals surface area contributed by atoms with Crippen LogP contribution >= 0.6 is 0 Å². The van der Waals surface area contributed by atoms with Gasteiger partial charge in [-0.1, -0.05) is 40.0 Å². The molecule has 0 atom stereocenters. The summed E-state index contributed by atoms with van der Waals surface area (Å²) in [6.07, 6.45) is 6.98. The minimum Gasteiger partial charge on any atom is -0.327 e. The molecule has 0 saturated carbocycles. The molecule has 0 radical (unpaired) electrons. The molecule has 4 nitrogen and oxygen atoms in total. The first-order chi connectivity index (χ1) is 10.1. The van der Waals surface area contributed by atoms with Crippen LogP contribution in [0.1, 0.15) is 79.1 Å². The molecule has 0 unspecified atom stereocenters. The molecular weight excluding hydrogens is 268 g/mol. The molecule has 0 aromatic carbocycles. The number of hydrogen-bond acceptors (Lipinski definition) is 4. The molecule has 21 heavy (non-hydrogen) atoms. The van der Waals surface area contributed by atoms with Gasteiger partial charge in [-0.2, -0.15) is 0 Å². The van der Waals surface area contributed by atoms with E-state index in [1.54, 1.807) is 6.92 Å². The molecule has 126 valence electrons. The molecular formula is C17H34O4. The number of carbonyl (C=O) groups is 1. The van der Waals surface area contributed by atoms with Gasteiger partial charge in [-0.15, -0.1) is 0 Å². The van der Waals surface area contributed by atoms with E-state index in [-0.39, 0.29) is 5.78 Å². The molecule has 0 aliphatic heterocycles. The highest BCUT2D eigenvalue weighted by Gasteiger charge is 2.33. The van der Waals surface area contributed by atoms with E-state index in [0.29, 0.717) is 32.7 Å². The van der Waals surface area contributed by atoms with E-state index in [2.05, 4.69) is 20.8 Å². The second kappa shape index (κ2) is 13.2. The number of carbonyl (C=O) groups excluding carboxylic acids is 1. The summed E-state index contributed by atoms with van der Waals surface area (Å²) in [5.74, 6) is -0.901. The van der Waals surface area contributed by atoms with E-state index >= 15 is 0 Å². The van der Waals surface area contributed by atoms with Crippen molar-refractivity contribution in [2.45, 2.75) is 85.0 Å². The van der Waals surface area contributed by atoms with E-state index in [9.17, 15) is 4.79 Å². The third-order valence-electron chi connectivity index (χ3n) is 3.24. The maximum absolute atomic E-state index is 11.3. The summed E-state index contributed by atoms with van der Waals surface area (Å²) in [4.78, 5) is 11.3. The van der Waals surface area contributed by atoms with Gasteiger partial charge in [0.1, 0.15) is 5.78 Å². The third kappa shape index (κ3) is 10.9. The molecule has 0 amide bonds. The number of rotatable bonds is 15. The standard InChI is InChI=1S/C17H34O4/c1-5-8-13-19-17(12-11-16(4)18,20-14-9-6-2)21-15-10-7-3/h5-15H2,1-4H3. The largest absolute Gasteiger partial charge is 0.327 e. The van der Waals surface area contributed by atoms with E-state index in [1.165, 1.54) is 0 Å². The predicted molar refractivity (Wildman–Crippen MR) is 85.2 cm³/mol. The van der Waals surface area contributed by atoms with Crippen LogP contribution in [0.4, 0.5) is 0 Å². The Labute approximate surface area is 130 Å². The van der Waals surface area contributed by atoms with Gasteiger partial charge in [0, 0.05) is 12.8 Å². The maximum atomic E-state index is 11.3. The van der Waals surface area contributed by atoms with Crippen LogP contribution in [0, 0.1) is 0 Å². The molecule has 0 aliphatic rings. The highest BCUT2D eigenvalue weighted by Crippen LogP contribution is 2.24. The SMILES string of the molecule is CCCCOC(CCC(C)=O)(OCCCC)OCCCC. The van der Waals surface area contributed by atoms with Crippen molar-refractivity contribution in [2.24, 2.45) is 0 Å². The van der Waals surface area contributed by atoms with Crippen molar-refractivity contribution in [1.82, 2.24) is 0 Å². The molecule has 0 bridgehead atoms. The van der Waals surface area contributed by atoms with Gasteiger partial charge >= 0.3 is 0 Å². The second-order valence-electron chi connectivity index (χ2n) is 5.49. The van der Waals surface area contributed by atoms with Crippen molar-refractivity contribution in [3.05, 3.63) is 0 Å². The van der Waals surface area contributed by atoms with Crippen molar-refractivity contribution < 1.29 is 19.0 Å². The first-order valence-electron chi connectivity index (χ1n) is 8.51. The Bertz CT molecular complexity index is 227. The summed E-state index contributed by atoms with van der Waals surface area (Å²) < 4.78 is 17.8. The summed E-state index contributed by atoms with van der Waals surface area (Å²) in [6, 6.07) is 0. The maximum Gasteiger partial charge on any atom is 0.283 e. The summed E-state index contributed by atoms with van der Waals surface area (Å²) in [6.45, 7) is 9.77. The lowest BCUT2D eigenvalue weighted by atomic mass is 10.2. The Morgan fingerprint density at radius 2 is 1.19 bits per heavy atom. The van der Waals surface area contributed by atoms with Gasteiger partial charge < -0.3 is 19.0 Å². The van der Waals surface area contributed by atoms with Crippen LogP contribution < -0.4 is 0 Å². The Kier molecular flexibility index (Phi) is 12.9. The van der Waals surface area contributed by atoms with Crippen LogP contribution in [0.3, 0.4) is 0 Å². The second-order valence-corrected chi connectivity index (χ2v) is 5.49. The molecule has 0 aromatic rings. The summed E-state index contributed by atoms with van der Waals surface area (Å²) in [5, 5.41) is 0. The van der Waals surface area contributed by atoms with Gasteiger partial charge in [-0.05, 0) is 26.2 Å². The summed E-state index contributed by atoms with van der Waals surface area (Å²) in [5.41, 5.74) is 0. The van der Waals surface area contributed by atoms with Gasteiger partial charge in [-0.25, -0.2) is 0 Å². The third-order valence-corrected chi connectivity index (χ3v) is 3.24. The van der Waals surface area contributed by atoms with Crippen molar-refractivity contribution in [3.8, 4) is 0 Å². The van der Waals surface area contributed by atoms with Crippen LogP contribution in [0.2, 0.25) is 0 Å². The lowest BCUT2D eigenvalue weighted by Gasteiger charge is -2.33. The molecule has 0 spiro atoms. The average Bonchev–Trinajstić information content (AvgIpc) is 2.46. The molecule has 0 aromatic heterocycles. The lowest BCUT2D eigenvalue weighted by molar-refractivity contribution is -0.383. The Balaban J connectivity index is 4.64. The van der Waals surface area contributed by atoms with Gasteiger partial charge in [0.25, 0.3) is 5.97 Å². The Morgan fingerprint density at radius 3 is 1.48 bits per heavy atom. The number of hydrogen-bond donors (Lipinski definition) is 0. The van der Waals surface area contributed by atoms with Crippen LogP contribution in [0.15, 0.2) is 0 Å². The van der Waals surface area contributed by atoms with Gasteiger partial charge in [0.2, 0.25) is 0 Å². The van der Waals surface area contributed by atoms with Crippen LogP contribution in [0.25, 0.3) is 0 Å². The molecule has 0 aliphatic carbocycles.